The number of hydrogen-bond donors (Lipinski definition) is 2. The Morgan fingerprint density at radius 1 is 1.17 bits per heavy atom. The minimum absolute atomic E-state index is 0.152. The van der Waals surface area contributed by atoms with E-state index in [9.17, 15) is 14.0 Å². The highest BCUT2D eigenvalue weighted by Crippen LogP contribution is 2.21. The van der Waals surface area contributed by atoms with E-state index in [4.69, 9.17) is 11.6 Å². The first-order chi connectivity index (χ1) is 11.5. The van der Waals surface area contributed by atoms with E-state index in [1.54, 1.807) is 24.3 Å². The first-order valence-electron chi connectivity index (χ1n) is 7.66. The van der Waals surface area contributed by atoms with Crippen LogP contribution in [0.5, 0.6) is 0 Å². The topological polar surface area (TPSA) is 58.2 Å². The summed E-state index contributed by atoms with van der Waals surface area (Å²) in [6, 6.07) is 11.2. The largest absolute Gasteiger partial charge is 0.349 e. The van der Waals surface area contributed by atoms with Crippen LogP contribution in [0.4, 0.5) is 10.1 Å². The number of nitrogens with one attached hydrogen (secondary N) is 2. The summed E-state index contributed by atoms with van der Waals surface area (Å²) in [6.07, 6.45) is 1.83. The van der Waals surface area contributed by atoms with Crippen LogP contribution in [0.15, 0.2) is 42.5 Å². The lowest BCUT2D eigenvalue weighted by Crippen LogP contribution is -2.25. The Balaban J connectivity index is 1.67. The van der Waals surface area contributed by atoms with Crippen molar-refractivity contribution in [1.82, 2.24) is 5.32 Å². The standard InChI is InChI=1S/C18H16ClFN2O2/c19-15-5-2-6-16(20)14(15)10-17(23)21-13-4-1-3-11(9-13)18(24)22-12-7-8-12/h1-6,9,12H,7-8,10H2,(H,21,23)(H,22,24). The minimum Gasteiger partial charge on any atom is -0.349 e. The fraction of sp³-hybridized carbons (Fsp3) is 0.222. The molecule has 0 heterocycles. The highest BCUT2D eigenvalue weighted by molar-refractivity contribution is 6.31. The van der Waals surface area contributed by atoms with Gasteiger partial charge in [-0.05, 0) is 43.2 Å². The molecule has 1 aliphatic carbocycles. The SMILES string of the molecule is O=C(Cc1c(F)cccc1Cl)Nc1cccc(C(=O)NC2CC2)c1. The molecule has 0 unspecified atom stereocenters. The van der Waals surface area contributed by atoms with E-state index in [0.717, 1.165) is 12.8 Å². The van der Waals surface area contributed by atoms with Gasteiger partial charge in [0.2, 0.25) is 5.91 Å². The fourth-order valence-electron chi connectivity index (χ4n) is 2.30. The third-order valence-electron chi connectivity index (χ3n) is 3.72. The van der Waals surface area contributed by atoms with Gasteiger partial charge in [0.1, 0.15) is 5.82 Å². The molecule has 0 bridgehead atoms. The van der Waals surface area contributed by atoms with E-state index in [-0.39, 0.29) is 29.0 Å². The van der Waals surface area contributed by atoms with Crippen molar-refractivity contribution < 1.29 is 14.0 Å². The first kappa shape index (κ1) is 16.5. The monoisotopic (exact) mass is 346 g/mol. The molecule has 3 rings (SSSR count). The average Bonchev–Trinajstić information content (AvgIpc) is 3.35. The van der Waals surface area contributed by atoms with Gasteiger partial charge in [0.05, 0.1) is 6.42 Å². The third-order valence-corrected chi connectivity index (χ3v) is 4.07. The fourth-order valence-corrected chi connectivity index (χ4v) is 2.53. The predicted molar refractivity (Wildman–Crippen MR) is 90.7 cm³/mol. The molecule has 0 aliphatic heterocycles. The Morgan fingerprint density at radius 2 is 1.92 bits per heavy atom. The summed E-state index contributed by atoms with van der Waals surface area (Å²) in [6.45, 7) is 0. The summed E-state index contributed by atoms with van der Waals surface area (Å²) in [5.41, 5.74) is 1.11. The van der Waals surface area contributed by atoms with Gasteiger partial charge < -0.3 is 10.6 Å². The Hall–Kier alpha value is -2.40. The summed E-state index contributed by atoms with van der Waals surface area (Å²) >= 11 is 5.92. The molecule has 0 spiro atoms. The van der Waals surface area contributed by atoms with Crippen LogP contribution < -0.4 is 10.6 Å². The molecule has 2 N–H and O–H groups in total. The number of benzene rings is 2. The summed E-state index contributed by atoms with van der Waals surface area (Å²) in [7, 11) is 0. The minimum atomic E-state index is -0.518. The van der Waals surface area contributed by atoms with Crippen LogP contribution in [0, 0.1) is 5.82 Å². The zero-order chi connectivity index (χ0) is 17.1. The number of halogens is 2. The Bertz CT molecular complexity index is 770. The van der Waals surface area contributed by atoms with Crippen LogP contribution in [-0.2, 0) is 11.2 Å². The molecular formula is C18H16ClFN2O2. The zero-order valence-electron chi connectivity index (χ0n) is 12.8. The maximum absolute atomic E-state index is 13.7. The first-order valence-corrected chi connectivity index (χ1v) is 8.04. The second-order valence-electron chi connectivity index (χ2n) is 5.75. The number of hydrogen-bond acceptors (Lipinski definition) is 2. The van der Waals surface area contributed by atoms with Gasteiger partial charge in [0, 0.05) is 27.9 Å². The number of rotatable bonds is 5. The summed E-state index contributed by atoms with van der Waals surface area (Å²) in [4.78, 5) is 24.1. The molecular weight excluding hydrogens is 331 g/mol. The normalized spacial score (nSPS) is 13.4. The number of anilines is 1. The number of carbonyl (C=O) groups excluding carboxylic acids is 2. The van der Waals surface area contributed by atoms with Gasteiger partial charge >= 0.3 is 0 Å². The number of amides is 2. The molecule has 6 heteroatoms. The molecule has 0 radical (unpaired) electrons. The second-order valence-corrected chi connectivity index (χ2v) is 6.16. The Morgan fingerprint density at radius 3 is 2.62 bits per heavy atom. The third kappa shape index (κ3) is 4.11. The average molecular weight is 347 g/mol. The maximum Gasteiger partial charge on any atom is 0.251 e. The predicted octanol–water partition coefficient (Wildman–Crippen LogP) is 3.55. The van der Waals surface area contributed by atoms with Crippen molar-refractivity contribution in [3.63, 3.8) is 0 Å². The zero-order valence-corrected chi connectivity index (χ0v) is 13.6. The van der Waals surface area contributed by atoms with Crippen molar-refractivity contribution >= 4 is 29.1 Å². The van der Waals surface area contributed by atoms with Gasteiger partial charge in [-0.2, -0.15) is 0 Å². The van der Waals surface area contributed by atoms with Crippen molar-refractivity contribution in [2.24, 2.45) is 0 Å². The van der Waals surface area contributed by atoms with Crippen LogP contribution in [0.2, 0.25) is 5.02 Å². The quantitative estimate of drug-likeness (QED) is 0.869. The Kier molecular flexibility index (Phi) is 4.81. The van der Waals surface area contributed by atoms with E-state index in [0.29, 0.717) is 11.3 Å². The van der Waals surface area contributed by atoms with Crippen molar-refractivity contribution in [1.29, 1.82) is 0 Å². The van der Waals surface area contributed by atoms with Crippen molar-refractivity contribution in [3.8, 4) is 0 Å². The van der Waals surface area contributed by atoms with Gasteiger partial charge in [0.25, 0.3) is 5.91 Å². The lowest BCUT2D eigenvalue weighted by Gasteiger charge is -2.09. The highest BCUT2D eigenvalue weighted by atomic mass is 35.5. The van der Waals surface area contributed by atoms with Crippen LogP contribution in [0.25, 0.3) is 0 Å². The van der Waals surface area contributed by atoms with Crippen molar-refractivity contribution in [2.45, 2.75) is 25.3 Å². The van der Waals surface area contributed by atoms with Gasteiger partial charge in [-0.1, -0.05) is 23.7 Å². The molecule has 1 saturated carbocycles. The molecule has 124 valence electrons. The molecule has 0 atom stereocenters. The summed E-state index contributed by atoms with van der Waals surface area (Å²) in [5, 5.41) is 5.76. The van der Waals surface area contributed by atoms with E-state index in [1.165, 1.54) is 18.2 Å². The molecule has 2 aromatic carbocycles. The van der Waals surface area contributed by atoms with E-state index < -0.39 is 11.7 Å². The molecule has 1 fully saturated rings. The van der Waals surface area contributed by atoms with E-state index in [1.807, 2.05) is 0 Å². The van der Waals surface area contributed by atoms with E-state index in [2.05, 4.69) is 10.6 Å². The molecule has 0 aromatic heterocycles. The van der Waals surface area contributed by atoms with Gasteiger partial charge in [-0.15, -0.1) is 0 Å². The highest BCUT2D eigenvalue weighted by Gasteiger charge is 2.23. The maximum atomic E-state index is 13.7. The van der Waals surface area contributed by atoms with Crippen molar-refractivity contribution in [2.75, 3.05) is 5.32 Å². The van der Waals surface area contributed by atoms with Gasteiger partial charge in [0.15, 0.2) is 0 Å². The van der Waals surface area contributed by atoms with Crippen LogP contribution >= 0.6 is 11.6 Å². The van der Waals surface area contributed by atoms with Crippen LogP contribution in [0.1, 0.15) is 28.8 Å². The number of carbonyl (C=O) groups is 2. The Labute approximate surface area is 144 Å². The molecule has 0 saturated heterocycles. The smallest absolute Gasteiger partial charge is 0.251 e. The lowest BCUT2D eigenvalue weighted by atomic mass is 10.1. The van der Waals surface area contributed by atoms with Crippen LogP contribution in [0.3, 0.4) is 0 Å². The molecule has 4 nitrogen and oxygen atoms in total. The van der Waals surface area contributed by atoms with E-state index >= 15 is 0 Å². The van der Waals surface area contributed by atoms with Crippen molar-refractivity contribution in [3.05, 3.63) is 64.4 Å². The lowest BCUT2D eigenvalue weighted by molar-refractivity contribution is -0.115. The summed E-state index contributed by atoms with van der Waals surface area (Å²) < 4.78 is 13.7. The van der Waals surface area contributed by atoms with Gasteiger partial charge in [-0.3, -0.25) is 9.59 Å². The molecule has 2 aromatic rings. The second kappa shape index (κ2) is 7.01. The van der Waals surface area contributed by atoms with Crippen LogP contribution in [-0.4, -0.2) is 17.9 Å². The molecule has 2 amide bonds. The summed E-state index contributed by atoms with van der Waals surface area (Å²) in [5.74, 6) is -1.08. The molecule has 1 aliphatic rings. The molecule has 24 heavy (non-hydrogen) atoms. The van der Waals surface area contributed by atoms with Gasteiger partial charge in [-0.25, -0.2) is 4.39 Å².